The average molecular weight is 472 g/mol. The number of hydrogen-bond donors (Lipinski definition) is 1. The zero-order valence-electron chi connectivity index (χ0n) is 15.1. The zero-order valence-corrected chi connectivity index (χ0v) is 17.5. The summed E-state index contributed by atoms with van der Waals surface area (Å²) in [6.45, 7) is 0. The first-order chi connectivity index (χ1) is 14.0. The minimum atomic E-state index is -0.522. The molecule has 0 saturated carbocycles. The van der Waals surface area contributed by atoms with Gasteiger partial charge in [0.25, 0.3) is 0 Å². The molecule has 0 radical (unpaired) electrons. The van der Waals surface area contributed by atoms with Crippen molar-refractivity contribution in [3.8, 4) is 5.75 Å². The van der Waals surface area contributed by atoms with Crippen molar-refractivity contribution in [2.45, 2.75) is 6.42 Å². The monoisotopic (exact) mass is 470 g/mol. The van der Waals surface area contributed by atoms with Gasteiger partial charge in [0, 0.05) is 15.1 Å². The first-order valence-corrected chi connectivity index (χ1v) is 9.81. The van der Waals surface area contributed by atoms with E-state index >= 15 is 0 Å². The van der Waals surface area contributed by atoms with Gasteiger partial charge in [-0.1, -0.05) is 57.9 Å². The molecule has 0 saturated heterocycles. The van der Waals surface area contributed by atoms with Crippen molar-refractivity contribution in [2.75, 3.05) is 0 Å². The standard InChI is InChI=1S/C22H16BrClN2O3/c23-18-8-11-20(29-22(28)16-6-9-19(24)10-7-16)17(13-18)14-25-26-21(27)12-15-4-2-1-3-5-15/h1-11,13-14H,12H2,(H,26,27). The van der Waals surface area contributed by atoms with E-state index in [0.29, 0.717) is 21.9 Å². The first kappa shape index (κ1) is 20.8. The number of hydrazone groups is 1. The maximum Gasteiger partial charge on any atom is 0.343 e. The molecule has 29 heavy (non-hydrogen) atoms. The zero-order chi connectivity index (χ0) is 20.6. The quantitative estimate of drug-likeness (QED) is 0.238. The van der Waals surface area contributed by atoms with Crippen LogP contribution in [-0.2, 0) is 11.2 Å². The Labute approximate surface area is 181 Å². The minimum absolute atomic E-state index is 0.217. The van der Waals surface area contributed by atoms with Gasteiger partial charge >= 0.3 is 5.97 Å². The summed E-state index contributed by atoms with van der Waals surface area (Å²) in [6.07, 6.45) is 1.65. The van der Waals surface area contributed by atoms with Crippen molar-refractivity contribution in [1.82, 2.24) is 5.43 Å². The third-order valence-corrected chi connectivity index (χ3v) is 4.60. The van der Waals surface area contributed by atoms with Gasteiger partial charge in [-0.2, -0.15) is 5.10 Å². The van der Waals surface area contributed by atoms with Gasteiger partial charge in [-0.05, 0) is 48.0 Å². The molecule has 3 rings (SSSR count). The maximum absolute atomic E-state index is 12.4. The summed E-state index contributed by atoms with van der Waals surface area (Å²) >= 11 is 9.22. The molecule has 1 N–H and O–H groups in total. The highest BCUT2D eigenvalue weighted by Gasteiger charge is 2.12. The van der Waals surface area contributed by atoms with Crippen LogP contribution < -0.4 is 10.2 Å². The molecule has 0 aromatic heterocycles. The molecule has 0 spiro atoms. The SMILES string of the molecule is O=C(Cc1ccccc1)NN=Cc1cc(Br)ccc1OC(=O)c1ccc(Cl)cc1. The molecule has 7 heteroatoms. The smallest absolute Gasteiger partial charge is 0.343 e. The number of nitrogens with zero attached hydrogens (tertiary/aromatic N) is 1. The Kier molecular flexibility index (Phi) is 7.16. The van der Waals surface area contributed by atoms with Gasteiger partial charge in [-0.3, -0.25) is 4.79 Å². The lowest BCUT2D eigenvalue weighted by Crippen LogP contribution is -2.19. The summed E-state index contributed by atoms with van der Waals surface area (Å²) in [5, 5.41) is 4.51. The molecule has 0 heterocycles. The summed E-state index contributed by atoms with van der Waals surface area (Å²) < 4.78 is 6.25. The van der Waals surface area contributed by atoms with E-state index in [1.807, 2.05) is 30.3 Å². The van der Waals surface area contributed by atoms with Crippen LogP contribution in [0.5, 0.6) is 5.75 Å². The number of rotatable bonds is 6. The topological polar surface area (TPSA) is 67.8 Å². The highest BCUT2D eigenvalue weighted by Crippen LogP contribution is 2.23. The number of nitrogens with one attached hydrogen (secondary N) is 1. The minimum Gasteiger partial charge on any atom is -0.422 e. The van der Waals surface area contributed by atoms with Gasteiger partial charge in [-0.25, -0.2) is 10.2 Å². The molecule has 0 aliphatic heterocycles. The van der Waals surface area contributed by atoms with Crippen LogP contribution in [0, 0.1) is 0 Å². The summed E-state index contributed by atoms with van der Waals surface area (Å²) in [5.74, 6) is -0.455. The van der Waals surface area contributed by atoms with E-state index < -0.39 is 5.97 Å². The molecule has 1 amide bonds. The van der Waals surface area contributed by atoms with Crippen molar-refractivity contribution in [2.24, 2.45) is 5.10 Å². The molecule has 0 aliphatic rings. The van der Waals surface area contributed by atoms with E-state index in [0.717, 1.165) is 10.0 Å². The van der Waals surface area contributed by atoms with Crippen molar-refractivity contribution in [3.63, 3.8) is 0 Å². The Hall–Kier alpha value is -2.96. The van der Waals surface area contributed by atoms with Gasteiger partial charge in [0.15, 0.2) is 0 Å². The molecular formula is C22H16BrClN2O3. The molecule has 3 aromatic carbocycles. The van der Waals surface area contributed by atoms with E-state index in [9.17, 15) is 9.59 Å². The number of ether oxygens (including phenoxy) is 1. The fourth-order valence-electron chi connectivity index (χ4n) is 2.45. The predicted octanol–water partition coefficient (Wildman–Crippen LogP) is 5.01. The Bertz CT molecular complexity index is 1040. The van der Waals surface area contributed by atoms with Crippen molar-refractivity contribution < 1.29 is 14.3 Å². The lowest BCUT2D eigenvalue weighted by molar-refractivity contribution is -0.120. The van der Waals surface area contributed by atoms with Crippen LogP contribution in [0.1, 0.15) is 21.5 Å². The number of benzene rings is 3. The number of carbonyl (C=O) groups excluding carboxylic acids is 2. The fourth-order valence-corrected chi connectivity index (χ4v) is 2.96. The van der Waals surface area contributed by atoms with Crippen LogP contribution in [0.3, 0.4) is 0 Å². The second-order valence-electron chi connectivity index (χ2n) is 6.03. The van der Waals surface area contributed by atoms with Crippen LogP contribution in [0.15, 0.2) is 82.4 Å². The highest BCUT2D eigenvalue weighted by atomic mass is 79.9. The normalized spacial score (nSPS) is 10.7. The van der Waals surface area contributed by atoms with Crippen LogP contribution in [0.4, 0.5) is 0 Å². The Morgan fingerprint density at radius 3 is 2.48 bits per heavy atom. The maximum atomic E-state index is 12.4. The lowest BCUT2D eigenvalue weighted by Gasteiger charge is -2.08. The van der Waals surface area contributed by atoms with E-state index in [1.165, 1.54) is 6.21 Å². The van der Waals surface area contributed by atoms with Crippen LogP contribution in [0.25, 0.3) is 0 Å². The molecule has 0 fully saturated rings. The largest absolute Gasteiger partial charge is 0.422 e. The molecule has 5 nitrogen and oxygen atoms in total. The molecule has 0 atom stereocenters. The van der Waals surface area contributed by atoms with Gasteiger partial charge in [0.05, 0.1) is 18.2 Å². The van der Waals surface area contributed by atoms with Crippen molar-refractivity contribution in [1.29, 1.82) is 0 Å². The number of amides is 1. The molecule has 146 valence electrons. The second-order valence-corrected chi connectivity index (χ2v) is 7.39. The summed E-state index contributed by atoms with van der Waals surface area (Å²) in [4.78, 5) is 24.4. The number of esters is 1. The summed E-state index contributed by atoms with van der Waals surface area (Å²) in [6, 6.07) is 20.9. The Morgan fingerprint density at radius 2 is 1.76 bits per heavy atom. The van der Waals surface area contributed by atoms with Gasteiger partial charge in [0.2, 0.25) is 5.91 Å². The van der Waals surface area contributed by atoms with Gasteiger partial charge < -0.3 is 4.74 Å². The number of hydrogen-bond acceptors (Lipinski definition) is 4. The van der Waals surface area contributed by atoms with Crippen molar-refractivity contribution >= 4 is 45.6 Å². The molecular weight excluding hydrogens is 456 g/mol. The van der Waals surface area contributed by atoms with Crippen molar-refractivity contribution in [3.05, 3.63) is 99.0 Å². The summed E-state index contributed by atoms with van der Waals surface area (Å²) in [5.41, 5.74) is 4.27. The predicted molar refractivity (Wildman–Crippen MR) is 116 cm³/mol. The van der Waals surface area contributed by atoms with Crippen LogP contribution in [0.2, 0.25) is 5.02 Å². The Balaban J connectivity index is 1.68. The third-order valence-electron chi connectivity index (χ3n) is 3.85. The van der Waals surface area contributed by atoms with E-state index in [-0.39, 0.29) is 12.3 Å². The van der Waals surface area contributed by atoms with E-state index in [1.54, 1.807) is 42.5 Å². The molecule has 0 bridgehead atoms. The van der Waals surface area contributed by atoms with Crippen LogP contribution >= 0.6 is 27.5 Å². The third kappa shape index (κ3) is 6.27. The van der Waals surface area contributed by atoms with Gasteiger partial charge in [0.1, 0.15) is 5.75 Å². The number of carbonyl (C=O) groups is 2. The van der Waals surface area contributed by atoms with E-state index in [4.69, 9.17) is 16.3 Å². The van der Waals surface area contributed by atoms with Gasteiger partial charge in [-0.15, -0.1) is 0 Å². The van der Waals surface area contributed by atoms with E-state index in [2.05, 4.69) is 26.5 Å². The fraction of sp³-hybridized carbons (Fsp3) is 0.0455. The van der Waals surface area contributed by atoms with Crippen LogP contribution in [-0.4, -0.2) is 18.1 Å². The lowest BCUT2D eigenvalue weighted by atomic mass is 10.1. The second kappa shape index (κ2) is 10.0. The molecule has 3 aromatic rings. The highest BCUT2D eigenvalue weighted by molar-refractivity contribution is 9.10. The molecule has 0 unspecified atom stereocenters. The molecule has 0 aliphatic carbocycles. The number of halogens is 2. The first-order valence-electron chi connectivity index (χ1n) is 8.64. The summed E-state index contributed by atoms with van der Waals surface area (Å²) in [7, 11) is 0. The Morgan fingerprint density at radius 1 is 1.03 bits per heavy atom. The average Bonchev–Trinajstić information content (AvgIpc) is 2.71.